The Morgan fingerprint density at radius 2 is 1.25 bits per heavy atom. The lowest BCUT2D eigenvalue weighted by molar-refractivity contribution is 0.355. The third-order valence-electron chi connectivity index (χ3n) is 9.42. The average molecular weight is 735 g/mol. The molecule has 0 saturated heterocycles. The molecule has 53 heavy (non-hydrogen) atoms. The van der Waals surface area contributed by atoms with Gasteiger partial charge >= 0.3 is 0 Å². The van der Waals surface area contributed by atoms with Crippen molar-refractivity contribution in [2.24, 2.45) is 0 Å². The summed E-state index contributed by atoms with van der Waals surface area (Å²) in [5.41, 5.74) is 6.96. The van der Waals surface area contributed by atoms with E-state index < -0.39 is 15.4 Å². The summed E-state index contributed by atoms with van der Waals surface area (Å²) >= 11 is 1.20. The fraction of sp³-hybridized carbons (Fsp3) is 0.0930. The number of aromatic nitrogens is 4. The topological polar surface area (TPSA) is 96.2 Å². The lowest BCUT2D eigenvalue weighted by Crippen LogP contribution is -2.38. The first-order chi connectivity index (χ1) is 25.8. The van der Waals surface area contributed by atoms with Gasteiger partial charge in [-0.2, -0.15) is 5.10 Å². The molecular formula is C43H34N4O4S2. The van der Waals surface area contributed by atoms with E-state index in [1.165, 1.54) is 23.9 Å². The Hall–Kier alpha value is -6.10. The number of fused-ring (bicyclic) bond motifs is 1. The molecule has 3 aromatic heterocycles. The number of methoxy groups -OCH3 is 2. The second-order valence-corrected chi connectivity index (χ2v) is 15.9. The van der Waals surface area contributed by atoms with Gasteiger partial charge in [0.05, 0.1) is 30.3 Å². The Kier molecular flexibility index (Phi) is 8.85. The van der Waals surface area contributed by atoms with Gasteiger partial charge in [-0.3, -0.25) is 4.68 Å². The van der Waals surface area contributed by atoms with Crippen LogP contribution in [0.15, 0.2) is 156 Å². The van der Waals surface area contributed by atoms with Crippen LogP contribution < -0.4 is 9.47 Å². The Morgan fingerprint density at radius 1 is 0.642 bits per heavy atom. The van der Waals surface area contributed by atoms with E-state index >= 15 is 0 Å². The van der Waals surface area contributed by atoms with Gasteiger partial charge in [-0.1, -0.05) is 97.1 Å². The molecule has 8 nitrogen and oxygen atoms in total. The van der Waals surface area contributed by atoms with E-state index in [0.717, 1.165) is 54.9 Å². The number of rotatable bonds is 10. The molecule has 8 aromatic rings. The Bertz CT molecular complexity index is 2580. The summed E-state index contributed by atoms with van der Waals surface area (Å²) < 4.78 is 38.5. The van der Waals surface area contributed by atoms with Crippen molar-refractivity contribution >= 4 is 32.1 Å². The maximum absolute atomic E-state index is 12.4. The van der Waals surface area contributed by atoms with Gasteiger partial charge in [0, 0.05) is 29.0 Å². The molecule has 5 aromatic carbocycles. The fourth-order valence-corrected chi connectivity index (χ4v) is 8.89. The lowest BCUT2D eigenvalue weighted by Gasteiger charge is -2.36. The van der Waals surface area contributed by atoms with Crippen LogP contribution in [0.5, 0.6) is 11.5 Å². The Balaban J connectivity index is 1.43. The molecule has 0 N–H and O–H groups in total. The van der Waals surface area contributed by atoms with E-state index in [2.05, 4.69) is 99.7 Å². The summed E-state index contributed by atoms with van der Waals surface area (Å²) in [6.07, 6.45) is 4.83. The number of hydrogen-bond donors (Lipinski definition) is 0. The smallest absolute Gasteiger partial charge is 0.184 e. The highest BCUT2D eigenvalue weighted by Crippen LogP contribution is 2.45. The van der Waals surface area contributed by atoms with Crippen LogP contribution >= 0.6 is 11.3 Å². The van der Waals surface area contributed by atoms with E-state index in [1.807, 2.05) is 48.5 Å². The first-order valence-electron chi connectivity index (χ1n) is 16.9. The molecule has 0 aliphatic rings. The molecule has 10 heteroatoms. The summed E-state index contributed by atoms with van der Waals surface area (Å²) in [5.74, 6) is 1.20. The number of benzene rings is 5. The molecular weight excluding hydrogens is 701 g/mol. The molecule has 0 fully saturated rings. The van der Waals surface area contributed by atoms with Crippen LogP contribution in [0.3, 0.4) is 0 Å². The predicted molar refractivity (Wildman–Crippen MR) is 210 cm³/mol. The van der Waals surface area contributed by atoms with E-state index in [0.29, 0.717) is 17.2 Å². The zero-order valence-electron chi connectivity index (χ0n) is 29.2. The zero-order chi connectivity index (χ0) is 36.6. The third-order valence-corrected chi connectivity index (χ3v) is 12.3. The van der Waals surface area contributed by atoms with Crippen LogP contribution in [0.25, 0.3) is 43.9 Å². The molecule has 3 heterocycles. The third kappa shape index (κ3) is 6.05. The minimum Gasteiger partial charge on any atom is -0.493 e. The minimum atomic E-state index is -3.38. The SMILES string of the molecule is COc1ccc(-c2nn(C(c3ccccc3)(c3ccccc3)c3ccccc3)cc2-c2ccc3ncnc(-c4ccc(S(C)(=O)=O)s4)c3c2)cc1OC. The van der Waals surface area contributed by atoms with Crippen LogP contribution in [-0.4, -0.2) is 48.6 Å². The highest BCUT2D eigenvalue weighted by atomic mass is 32.2. The number of thiophene rings is 1. The van der Waals surface area contributed by atoms with Crippen molar-refractivity contribution in [2.75, 3.05) is 20.5 Å². The highest BCUT2D eigenvalue weighted by Gasteiger charge is 2.40. The van der Waals surface area contributed by atoms with Gasteiger partial charge < -0.3 is 9.47 Å². The molecule has 0 bridgehead atoms. The largest absolute Gasteiger partial charge is 0.493 e. The van der Waals surface area contributed by atoms with Crippen molar-refractivity contribution in [1.82, 2.24) is 19.7 Å². The minimum absolute atomic E-state index is 0.284. The zero-order valence-corrected chi connectivity index (χ0v) is 30.8. The molecule has 262 valence electrons. The molecule has 8 rings (SSSR count). The molecule has 0 spiro atoms. The first-order valence-corrected chi connectivity index (χ1v) is 19.6. The van der Waals surface area contributed by atoms with Crippen molar-refractivity contribution in [3.8, 4) is 44.5 Å². The standard InChI is InChI=1S/C43H34N4O4S2/c1-50-37-22-20-30(26-38(37)51-2)41-35(29-19-21-36-34(25-29)42(45-28-44-36)39-23-24-40(52-39)53(3,48)49)27-47(46-41)43(31-13-7-4-8-14-31,32-15-9-5-10-16-32)33-17-11-6-12-18-33/h4-28H,1-3H3. The van der Waals surface area contributed by atoms with E-state index in [-0.39, 0.29) is 4.21 Å². The molecule has 0 aliphatic heterocycles. The van der Waals surface area contributed by atoms with Crippen molar-refractivity contribution < 1.29 is 17.9 Å². The van der Waals surface area contributed by atoms with Crippen LogP contribution in [0.2, 0.25) is 0 Å². The maximum atomic E-state index is 12.4. The van der Waals surface area contributed by atoms with Crippen molar-refractivity contribution in [1.29, 1.82) is 0 Å². The molecule has 0 saturated carbocycles. The molecule has 0 atom stereocenters. The van der Waals surface area contributed by atoms with Crippen LogP contribution in [0, 0.1) is 0 Å². The van der Waals surface area contributed by atoms with Crippen molar-refractivity contribution in [3.63, 3.8) is 0 Å². The van der Waals surface area contributed by atoms with Gasteiger partial charge in [0.1, 0.15) is 21.8 Å². The van der Waals surface area contributed by atoms with Crippen LogP contribution in [-0.2, 0) is 15.4 Å². The van der Waals surface area contributed by atoms with Gasteiger partial charge in [0.15, 0.2) is 21.3 Å². The normalized spacial score (nSPS) is 11.8. The van der Waals surface area contributed by atoms with Crippen LogP contribution in [0.4, 0.5) is 0 Å². The Labute approximate surface area is 311 Å². The number of hydrogen-bond acceptors (Lipinski definition) is 8. The highest BCUT2D eigenvalue weighted by molar-refractivity contribution is 7.92. The second-order valence-electron chi connectivity index (χ2n) is 12.6. The van der Waals surface area contributed by atoms with E-state index in [1.54, 1.807) is 26.4 Å². The molecule has 0 unspecified atom stereocenters. The quantitative estimate of drug-likeness (QED) is 0.129. The molecule has 0 amide bonds. The van der Waals surface area contributed by atoms with Gasteiger partial charge in [0.2, 0.25) is 0 Å². The van der Waals surface area contributed by atoms with Gasteiger partial charge in [-0.15, -0.1) is 11.3 Å². The van der Waals surface area contributed by atoms with Gasteiger partial charge in [-0.25, -0.2) is 18.4 Å². The predicted octanol–water partition coefficient (Wildman–Crippen LogP) is 9.15. The average Bonchev–Trinajstić information content (AvgIpc) is 3.88. The van der Waals surface area contributed by atoms with Crippen molar-refractivity contribution in [2.45, 2.75) is 9.75 Å². The summed E-state index contributed by atoms with van der Waals surface area (Å²) in [4.78, 5) is 9.95. The molecule has 0 aliphatic carbocycles. The van der Waals surface area contributed by atoms with Crippen molar-refractivity contribution in [3.05, 3.63) is 169 Å². The molecule has 0 radical (unpaired) electrons. The van der Waals surface area contributed by atoms with Gasteiger partial charge in [-0.05, 0) is 64.7 Å². The van der Waals surface area contributed by atoms with Crippen LogP contribution in [0.1, 0.15) is 16.7 Å². The number of nitrogens with zero attached hydrogens (tertiary/aromatic N) is 4. The monoisotopic (exact) mass is 734 g/mol. The second kappa shape index (κ2) is 13.8. The summed E-state index contributed by atoms with van der Waals surface area (Å²) in [5, 5.41) is 6.29. The summed E-state index contributed by atoms with van der Waals surface area (Å²) in [7, 11) is -0.137. The van der Waals surface area contributed by atoms with E-state index in [9.17, 15) is 8.42 Å². The first kappa shape index (κ1) is 34.0. The maximum Gasteiger partial charge on any atom is 0.184 e. The van der Waals surface area contributed by atoms with Gasteiger partial charge in [0.25, 0.3) is 0 Å². The fourth-order valence-electron chi connectivity index (χ4n) is 6.96. The number of sulfone groups is 1. The summed E-state index contributed by atoms with van der Waals surface area (Å²) in [6, 6.07) is 46.6. The number of ether oxygens (including phenoxy) is 2. The summed E-state index contributed by atoms with van der Waals surface area (Å²) in [6.45, 7) is 0. The Morgan fingerprint density at radius 3 is 1.81 bits per heavy atom. The van der Waals surface area contributed by atoms with E-state index in [4.69, 9.17) is 14.6 Å². The lowest BCUT2D eigenvalue weighted by atomic mass is 9.77.